The molecule has 1 atom stereocenters. The first-order valence-corrected chi connectivity index (χ1v) is 9.55. The van der Waals surface area contributed by atoms with Gasteiger partial charge in [0.1, 0.15) is 5.01 Å². The number of thiazole rings is 1. The number of hydrogen-bond acceptors (Lipinski definition) is 3. The van der Waals surface area contributed by atoms with Gasteiger partial charge in [-0.05, 0) is 44.2 Å². The SMILES string of the molecule is O=C(NC1CCCC1)N1CCCC[C@H]1c1nc2ccccc2s1. The van der Waals surface area contributed by atoms with Crippen LogP contribution >= 0.6 is 11.3 Å². The lowest BCUT2D eigenvalue weighted by Gasteiger charge is -2.35. The fraction of sp³-hybridized carbons (Fsp3) is 0.556. The standard InChI is InChI=1S/C18H23N3OS/c22-18(19-13-7-1-2-8-13)21-12-6-5-10-15(21)17-20-14-9-3-4-11-16(14)23-17/h3-4,9,11,13,15H,1-2,5-8,10,12H2,(H,19,22)/t15-/m0/s1. The Balaban J connectivity index is 1.55. The van der Waals surface area contributed by atoms with Crippen LogP contribution in [-0.4, -0.2) is 28.5 Å². The molecule has 0 spiro atoms. The van der Waals surface area contributed by atoms with Crippen molar-refractivity contribution in [2.45, 2.75) is 57.0 Å². The Kier molecular flexibility index (Phi) is 4.21. The number of fused-ring (bicyclic) bond motifs is 1. The number of piperidine rings is 1. The molecule has 4 rings (SSSR count). The predicted octanol–water partition coefficient (Wildman–Crippen LogP) is 4.48. The minimum atomic E-state index is 0.112. The molecule has 1 aromatic carbocycles. The van der Waals surface area contributed by atoms with Gasteiger partial charge in [0.2, 0.25) is 0 Å². The monoisotopic (exact) mass is 329 g/mol. The molecule has 0 bridgehead atoms. The van der Waals surface area contributed by atoms with Crippen molar-refractivity contribution in [3.8, 4) is 0 Å². The first-order chi connectivity index (χ1) is 11.3. The predicted molar refractivity (Wildman–Crippen MR) is 93.7 cm³/mol. The Morgan fingerprint density at radius 2 is 1.91 bits per heavy atom. The van der Waals surface area contributed by atoms with E-state index >= 15 is 0 Å². The van der Waals surface area contributed by atoms with Gasteiger partial charge in [-0.3, -0.25) is 0 Å². The van der Waals surface area contributed by atoms with Crippen LogP contribution in [0.3, 0.4) is 0 Å². The molecule has 1 aromatic heterocycles. The van der Waals surface area contributed by atoms with E-state index in [1.54, 1.807) is 11.3 Å². The van der Waals surface area contributed by atoms with E-state index < -0.39 is 0 Å². The highest BCUT2D eigenvalue weighted by atomic mass is 32.1. The number of rotatable bonds is 2. The van der Waals surface area contributed by atoms with Crippen LogP contribution in [-0.2, 0) is 0 Å². The van der Waals surface area contributed by atoms with Gasteiger partial charge in [-0.15, -0.1) is 11.3 Å². The molecular weight excluding hydrogens is 306 g/mol. The molecule has 1 N–H and O–H groups in total. The summed E-state index contributed by atoms with van der Waals surface area (Å²) in [5.74, 6) is 0. The Labute approximate surface area is 140 Å². The van der Waals surface area contributed by atoms with E-state index in [2.05, 4.69) is 23.5 Å². The minimum absolute atomic E-state index is 0.112. The zero-order valence-electron chi connectivity index (χ0n) is 13.3. The molecule has 2 aliphatic rings. The van der Waals surface area contributed by atoms with Gasteiger partial charge in [-0.25, -0.2) is 9.78 Å². The molecule has 0 radical (unpaired) electrons. The van der Waals surface area contributed by atoms with Gasteiger partial charge in [0.25, 0.3) is 0 Å². The average molecular weight is 329 g/mol. The molecule has 5 heteroatoms. The highest BCUT2D eigenvalue weighted by molar-refractivity contribution is 7.18. The quantitative estimate of drug-likeness (QED) is 0.883. The maximum atomic E-state index is 12.7. The number of carbonyl (C=O) groups is 1. The largest absolute Gasteiger partial charge is 0.335 e. The van der Waals surface area contributed by atoms with Crippen LogP contribution < -0.4 is 5.32 Å². The lowest BCUT2D eigenvalue weighted by molar-refractivity contribution is 0.148. The maximum absolute atomic E-state index is 12.7. The summed E-state index contributed by atoms with van der Waals surface area (Å²) in [6.45, 7) is 0.846. The second-order valence-corrected chi connectivity index (χ2v) is 7.72. The molecule has 2 fully saturated rings. The minimum Gasteiger partial charge on any atom is -0.335 e. The summed E-state index contributed by atoms with van der Waals surface area (Å²) in [7, 11) is 0. The van der Waals surface area contributed by atoms with E-state index in [1.165, 1.54) is 24.0 Å². The molecule has 2 amide bonds. The molecule has 23 heavy (non-hydrogen) atoms. The molecule has 1 saturated heterocycles. The third kappa shape index (κ3) is 3.07. The van der Waals surface area contributed by atoms with Crippen molar-refractivity contribution in [3.05, 3.63) is 29.3 Å². The number of carbonyl (C=O) groups excluding carboxylic acids is 1. The number of aromatic nitrogens is 1. The molecular formula is C18H23N3OS. The van der Waals surface area contributed by atoms with E-state index in [9.17, 15) is 4.79 Å². The first kappa shape index (κ1) is 14.9. The smallest absolute Gasteiger partial charge is 0.318 e. The van der Waals surface area contributed by atoms with Crippen molar-refractivity contribution in [1.29, 1.82) is 0 Å². The number of likely N-dealkylation sites (tertiary alicyclic amines) is 1. The lowest BCUT2D eigenvalue weighted by atomic mass is 10.0. The summed E-state index contributed by atoms with van der Waals surface area (Å²) in [5.41, 5.74) is 1.05. The summed E-state index contributed by atoms with van der Waals surface area (Å²) in [6.07, 6.45) is 8.04. The van der Waals surface area contributed by atoms with Crippen molar-refractivity contribution in [3.63, 3.8) is 0 Å². The fourth-order valence-corrected chi connectivity index (χ4v) is 4.91. The van der Waals surface area contributed by atoms with Crippen molar-refractivity contribution < 1.29 is 4.79 Å². The van der Waals surface area contributed by atoms with Crippen LogP contribution in [0.15, 0.2) is 24.3 Å². The van der Waals surface area contributed by atoms with Gasteiger partial charge < -0.3 is 10.2 Å². The van der Waals surface area contributed by atoms with Crippen LogP contribution in [0.1, 0.15) is 56.0 Å². The van der Waals surface area contributed by atoms with E-state index in [4.69, 9.17) is 4.98 Å². The third-order valence-corrected chi connectivity index (χ3v) is 6.18. The Hall–Kier alpha value is -1.62. The Bertz CT molecular complexity index is 659. The summed E-state index contributed by atoms with van der Waals surface area (Å²) in [4.78, 5) is 19.6. The molecule has 2 aromatic rings. The molecule has 1 saturated carbocycles. The second-order valence-electron chi connectivity index (χ2n) is 6.66. The van der Waals surface area contributed by atoms with Crippen LogP contribution in [0.4, 0.5) is 4.79 Å². The van der Waals surface area contributed by atoms with Crippen LogP contribution in [0.5, 0.6) is 0 Å². The highest BCUT2D eigenvalue weighted by Crippen LogP contribution is 2.35. The van der Waals surface area contributed by atoms with E-state index in [1.807, 2.05) is 11.0 Å². The number of urea groups is 1. The van der Waals surface area contributed by atoms with Gasteiger partial charge in [0.15, 0.2) is 0 Å². The van der Waals surface area contributed by atoms with Gasteiger partial charge in [0.05, 0.1) is 16.3 Å². The number of para-hydroxylation sites is 1. The third-order valence-electron chi connectivity index (χ3n) is 5.04. The molecule has 4 nitrogen and oxygen atoms in total. The number of nitrogens with zero attached hydrogens (tertiary/aromatic N) is 2. The van der Waals surface area contributed by atoms with E-state index in [0.717, 1.165) is 42.8 Å². The van der Waals surface area contributed by atoms with Crippen molar-refractivity contribution in [2.24, 2.45) is 0 Å². The van der Waals surface area contributed by atoms with E-state index in [0.29, 0.717) is 6.04 Å². The number of amides is 2. The first-order valence-electron chi connectivity index (χ1n) is 8.74. The van der Waals surface area contributed by atoms with Crippen LogP contribution in [0.25, 0.3) is 10.2 Å². The number of nitrogens with one attached hydrogen (secondary N) is 1. The summed E-state index contributed by atoms with van der Waals surface area (Å²) >= 11 is 1.73. The van der Waals surface area contributed by atoms with Gasteiger partial charge in [-0.2, -0.15) is 0 Å². The molecule has 1 aliphatic carbocycles. The Morgan fingerprint density at radius 1 is 1.13 bits per heavy atom. The van der Waals surface area contributed by atoms with Gasteiger partial charge >= 0.3 is 6.03 Å². The number of benzene rings is 1. The van der Waals surface area contributed by atoms with Crippen LogP contribution in [0, 0.1) is 0 Å². The average Bonchev–Trinajstić information content (AvgIpc) is 3.23. The molecule has 2 heterocycles. The zero-order chi connectivity index (χ0) is 15.6. The summed E-state index contributed by atoms with van der Waals surface area (Å²) in [6, 6.07) is 8.87. The van der Waals surface area contributed by atoms with Gasteiger partial charge in [-0.1, -0.05) is 25.0 Å². The topological polar surface area (TPSA) is 45.2 Å². The lowest BCUT2D eigenvalue weighted by Crippen LogP contribution is -2.47. The second kappa shape index (κ2) is 6.48. The fourth-order valence-electron chi connectivity index (χ4n) is 3.79. The molecule has 122 valence electrons. The van der Waals surface area contributed by atoms with Crippen molar-refractivity contribution in [1.82, 2.24) is 15.2 Å². The maximum Gasteiger partial charge on any atom is 0.318 e. The molecule has 0 unspecified atom stereocenters. The van der Waals surface area contributed by atoms with Crippen LogP contribution in [0.2, 0.25) is 0 Å². The summed E-state index contributed by atoms with van der Waals surface area (Å²) in [5, 5.41) is 4.34. The van der Waals surface area contributed by atoms with Gasteiger partial charge in [0, 0.05) is 12.6 Å². The highest BCUT2D eigenvalue weighted by Gasteiger charge is 2.31. The normalized spacial score (nSPS) is 22.6. The van der Waals surface area contributed by atoms with Crippen molar-refractivity contribution >= 4 is 27.6 Å². The van der Waals surface area contributed by atoms with Crippen molar-refractivity contribution in [2.75, 3.05) is 6.54 Å². The number of hydrogen-bond donors (Lipinski definition) is 1. The molecule has 1 aliphatic heterocycles. The summed E-state index contributed by atoms with van der Waals surface area (Å²) < 4.78 is 1.21. The Morgan fingerprint density at radius 3 is 2.74 bits per heavy atom. The van der Waals surface area contributed by atoms with E-state index in [-0.39, 0.29) is 12.1 Å². The zero-order valence-corrected chi connectivity index (χ0v) is 14.1.